The van der Waals surface area contributed by atoms with Gasteiger partial charge in [0, 0.05) is 0 Å². The van der Waals surface area contributed by atoms with Gasteiger partial charge in [0.2, 0.25) is 0 Å². The van der Waals surface area contributed by atoms with Crippen molar-refractivity contribution in [3.63, 3.8) is 0 Å². The molecule has 6 nitrogen and oxygen atoms in total. The van der Waals surface area contributed by atoms with Gasteiger partial charge in [0.15, 0.2) is 0 Å². The molecule has 0 rings (SSSR count). The van der Waals surface area contributed by atoms with Gasteiger partial charge in [-0.2, -0.15) is 0 Å². The summed E-state index contributed by atoms with van der Waals surface area (Å²) in [5, 5.41) is 33.3. The third kappa shape index (κ3) is 151. The molecule has 0 radical (unpaired) electrons. The number of rotatable bonds is 0. The summed E-state index contributed by atoms with van der Waals surface area (Å²) in [4.78, 5) is 16.7. The van der Waals surface area contributed by atoms with Crippen LogP contribution in [0.1, 0.15) is 0 Å². The van der Waals surface area contributed by atoms with Gasteiger partial charge >= 0.3 is 152 Å². The van der Waals surface area contributed by atoms with Crippen LogP contribution < -0.4 is 123 Å². The maximum atomic E-state index is 8.33. The van der Waals surface area contributed by atoms with Crippen LogP contribution in [0.15, 0.2) is 0 Å². The molecule has 0 bridgehead atoms. The van der Waals surface area contributed by atoms with Crippen molar-refractivity contribution in [3.8, 4) is 0 Å². The van der Waals surface area contributed by atoms with Gasteiger partial charge in [-0.1, -0.05) is 0 Å². The van der Waals surface area contributed by atoms with Gasteiger partial charge in [-0.3, -0.25) is 0 Å². The van der Waals surface area contributed by atoms with Gasteiger partial charge in [0.05, 0.1) is 0 Å². The van der Waals surface area contributed by atoms with Crippen LogP contribution in [-0.2, 0) is 0 Å². The Morgan fingerprint density at radius 3 is 0.727 bits per heavy atom. The van der Waals surface area contributed by atoms with Crippen LogP contribution in [0.4, 0.5) is 9.59 Å². The van der Waals surface area contributed by atoms with E-state index in [1.807, 2.05) is 0 Å². The van der Waals surface area contributed by atoms with Crippen molar-refractivity contribution in [1.29, 1.82) is 0 Å². The zero-order valence-corrected chi connectivity index (χ0v) is 16.8. The smallest absolute Gasteiger partial charge is 0.652 e. The van der Waals surface area contributed by atoms with Crippen LogP contribution in [0.5, 0.6) is 0 Å². The van der Waals surface area contributed by atoms with Gasteiger partial charge in [0.1, 0.15) is 0 Å². The molecule has 9 heteroatoms. The predicted octanol–water partition coefficient (Wildman–Crippen LogP) is -11.3. The first-order valence-corrected chi connectivity index (χ1v) is 1.22. The molecular weight excluding hydrogens is 336 g/mol. The fraction of sp³-hybridized carbons (Fsp3) is 0. The van der Waals surface area contributed by atoms with E-state index < -0.39 is 12.3 Å². The van der Waals surface area contributed by atoms with Crippen molar-refractivity contribution in [2.75, 3.05) is 0 Å². The first-order valence-electron chi connectivity index (χ1n) is 1.22. The molecule has 0 atom stereocenters. The molecule has 0 aromatic heterocycles. The molecular formula is C2BaK2O6. The molecule has 0 aliphatic heterocycles. The van der Waals surface area contributed by atoms with Gasteiger partial charge in [-0.05, 0) is 12.3 Å². The van der Waals surface area contributed by atoms with E-state index in [0.717, 1.165) is 0 Å². The summed E-state index contributed by atoms with van der Waals surface area (Å²) in [6.45, 7) is 0. The number of hydrogen-bond donors (Lipinski definition) is 0. The molecule has 0 aromatic carbocycles. The van der Waals surface area contributed by atoms with Gasteiger partial charge < -0.3 is 30.0 Å². The van der Waals surface area contributed by atoms with Crippen LogP contribution in [0.25, 0.3) is 0 Å². The summed E-state index contributed by atoms with van der Waals surface area (Å²) in [6, 6.07) is 0. The summed E-state index contributed by atoms with van der Waals surface area (Å²) in [5.41, 5.74) is 0. The molecule has 0 unspecified atom stereocenters. The Labute approximate surface area is 188 Å². The van der Waals surface area contributed by atoms with Crippen LogP contribution in [0.3, 0.4) is 0 Å². The maximum absolute atomic E-state index is 8.33. The van der Waals surface area contributed by atoms with Gasteiger partial charge in [0.25, 0.3) is 0 Å². The molecule has 0 fully saturated rings. The van der Waals surface area contributed by atoms with E-state index in [9.17, 15) is 0 Å². The zero-order chi connectivity index (χ0) is 7.15. The zero-order valence-electron chi connectivity index (χ0n) is 6.16. The fourth-order valence-electron chi connectivity index (χ4n) is 0. The van der Waals surface area contributed by atoms with Gasteiger partial charge in [-0.25, -0.2) is 0 Å². The minimum absolute atomic E-state index is 0. The fourth-order valence-corrected chi connectivity index (χ4v) is 0. The minimum Gasteiger partial charge on any atom is -0.652 e. The molecule has 0 heterocycles. The van der Waals surface area contributed by atoms with Crippen molar-refractivity contribution in [3.05, 3.63) is 0 Å². The summed E-state index contributed by atoms with van der Waals surface area (Å²) in [6.07, 6.45) is -4.67. The van der Waals surface area contributed by atoms with Gasteiger partial charge in [-0.15, -0.1) is 0 Å². The molecule has 48 valence electrons. The molecule has 0 saturated carbocycles. The third-order valence-electron chi connectivity index (χ3n) is 0. The number of hydrogen-bond acceptors (Lipinski definition) is 6. The molecule has 0 saturated heterocycles. The molecule has 0 spiro atoms. The minimum atomic E-state index is -2.33. The second-order valence-electron chi connectivity index (χ2n) is 0.500. The Morgan fingerprint density at radius 1 is 0.727 bits per heavy atom. The van der Waals surface area contributed by atoms with Crippen molar-refractivity contribution in [2.24, 2.45) is 0 Å². The molecule has 0 N–H and O–H groups in total. The molecule has 0 aromatic rings. The second kappa shape index (κ2) is 23.3. The first kappa shape index (κ1) is 29.3. The van der Waals surface area contributed by atoms with E-state index in [4.69, 9.17) is 30.0 Å². The van der Waals surface area contributed by atoms with Crippen molar-refractivity contribution >= 4 is 61.2 Å². The number of carbonyl (C=O) groups is 2. The Morgan fingerprint density at radius 2 is 0.727 bits per heavy atom. The standard InChI is InChI=1S/2CH2O3.Ba.2K/c2*2-1(3)4;;;/h2*(H2,2,3,4);;;/q;;+2;2*+1/p-4. The maximum Gasteiger partial charge on any atom is 2.00 e. The van der Waals surface area contributed by atoms with E-state index in [2.05, 4.69) is 0 Å². The average Bonchev–Trinajstić information content (AvgIpc) is 1.25. The summed E-state index contributed by atoms with van der Waals surface area (Å²) < 4.78 is 0. The van der Waals surface area contributed by atoms with E-state index in [1.54, 1.807) is 0 Å². The van der Waals surface area contributed by atoms with Crippen molar-refractivity contribution in [1.82, 2.24) is 0 Å². The average molecular weight is 336 g/mol. The second-order valence-corrected chi connectivity index (χ2v) is 0.500. The van der Waals surface area contributed by atoms with Crippen LogP contribution >= 0.6 is 0 Å². The number of carbonyl (C=O) groups excluding carboxylic acids is 2. The summed E-state index contributed by atoms with van der Waals surface area (Å²) >= 11 is 0. The third-order valence-corrected chi connectivity index (χ3v) is 0. The normalized spacial score (nSPS) is 4.36. The van der Waals surface area contributed by atoms with Crippen LogP contribution in [-0.4, -0.2) is 61.2 Å². The molecule has 0 amide bonds. The molecule has 11 heavy (non-hydrogen) atoms. The van der Waals surface area contributed by atoms with E-state index in [1.165, 1.54) is 0 Å². The largest absolute Gasteiger partial charge is 2.00 e. The van der Waals surface area contributed by atoms with E-state index in [0.29, 0.717) is 0 Å². The molecule has 0 aliphatic carbocycles. The first-order chi connectivity index (χ1) is 3.46. The SMILES string of the molecule is O=C([O-])[O-].O=C([O-])[O-].[Ba+2].[K+].[K+]. The van der Waals surface area contributed by atoms with Crippen molar-refractivity contribution < 1.29 is 133 Å². The monoisotopic (exact) mass is 336 g/mol. The van der Waals surface area contributed by atoms with Crippen LogP contribution in [0.2, 0.25) is 0 Å². The predicted molar refractivity (Wildman–Crippen MR) is 16.5 cm³/mol. The molecule has 0 aliphatic rings. The Bertz CT molecular complexity index is 76.6. The quantitative estimate of drug-likeness (QED) is 0.405. The van der Waals surface area contributed by atoms with Crippen LogP contribution in [0, 0.1) is 0 Å². The summed E-state index contributed by atoms with van der Waals surface area (Å²) in [7, 11) is 0. The summed E-state index contributed by atoms with van der Waals surface area (Å²) in [5.74, 6) is 0. The number of carboxylic acid groups (broad SMARTS) is 4. The Hall–Kier alpha value is 3.38. The van der Waals surface area contributed by atoms with E-state index in [-0.39, 0.29) is 152 Å². The Kier molecular flexibility index (Phi) is 62.0. The topological polar surface area (TPSA) is 126 Å². The van der Waals surface area contributed by atoms with E-state index >= 15 is 0 Å². The van der Waals surface area contributed by atoms with Crippen molar-refractivity contribution in [2.45, 2.75) is 0 Å². The Balaban J connectivity index is -0.0000000171.